The Balaban J connectivity index is 1.81. The van der Waals surface area contributed by atoms with E-state index in [0.717, 1.165) is 12.8 Å². The summed E-state index contributed by atoms with van der Waals surface area (Å²) in [6.07, 6.45) is 5.96. The number of rotatable bonds is 5. The number of aromatic nitrogens is 2. The van der Waals surface area contributed by atoms with Gasteiger partial charge in [-0.1, -0.05) is 6.92 Å². The maximum atomic E-state index is 4.59. The van der Waals surface area contributed by atoms with Crippen LogP contribution in [0.25, 0.3) is 0 Å². The lowest BCUT2D eigenvalue weighted by Crippen LogP contribution is -2.36. The first kappa shape index (κ1) is 14.8. The van der Waals surface area contributed by atoms with Crippen LogP contribution in [0.4, 0.5) is 0 Å². The minimum Gasteiger partial charge on any atom is -0.316 e. The number of aryl methyl sites for hydroxylation is 3. The first-order valence-electron chi connectivity index (χ1n) is 7.98. The quantitative estimate of drug-likeness (QED) is 0.918. The maximum Gasteiger partial charge on any atom is 0.0624 e. The molecule has 1 aliphatic carbocycles. The molecule has 0 spiro atoms. The van der Waals surface area contributed by atoms with Gasteiger partial charge in [-0.05, 0) is 55.8 Å². The molecule has 3 nitrogen and oxygen atoms in total. The van der Waals surface area contributed by atoms with Crippen molar-refractivity contribution in [2.75, 3.05) is 7.05 Å². The molecule has 2 aromatic heterocycles. The highest BCUT2D eigenvalue weighted by Gasteiger charge is 2.28. The number of hydrogen-bond donors (Lipinski definition) is 1. The van der Waals surface area contributed by atoms with Gasteiger partial charge in [0.2, 0.25) is 0 Å². The number of thiophene rings is 1. The van der Waals surface area contributed by atoms with Crippen LogP contribution < -0.4 is 5.32 Å². The zero-order valence-electron chi connectivity index (χ0n) is 13.2. The Labute approximate surface area is 131 Å². The largest absolute Gasteiger partial charge is 0.316 e. The summed E-state index contributed by atoms with van der Waals surface area (Å²) in [4.78, 5) is 1.60. The summed E-state index contributed by atoms with van der Waals surface area (Å²) in [5.74, 6) is 0.643. The van der Waals surface area contributed by atoms with Crippen LogP contribution in [0, 0.1) is 0 Å². The highest BCUT2D eigenvalue weighted by molar-refractivity contribution is 7.10. The van der Waals surface area contributed by atoms with Crippen molar-refractivity contribution in [2.24, 2.45) is 7.05 Å². The van der Waals surface area contributed by atoms with E-state index in [1.807, 2.05) is 11.3 Å². The van der Waals surface area contributed by atoms with E-state index in [2.05, 4.69) is 53.6 Å². The summed E-state index contributed by atoms with van der Waals surface area (Å²) in [5, 5.41) is 10.4. The molecule has 0 aromatic carbocycles. The molecule has 0 saturated heterocycles. The van der Waals surface area contributed by atoms with Gasteiger partial charge in [0.1, 0.15) is 0 Å². The zero-order chi connectivity index (χ0) is 14.8. The van der Waals surface area contributed by atoms with Crippen LogP contribution >= 0.6 is 11.3 Å². The van der Waals surface area contributed by atoms with Crippen LogP contribution in [-0.4, -0.2) is 22.9 Å². The van der Waals surface area contributed by atoms with E-state index in [1.165, 1.54) is 30.7 Å². The molecule has 4 heteroatoms. The minimum absolute atomic E-state index is 0.499. The number of fused-ring (bicyclic) bond motifs is 1. The summed E-state index contributed by atoms with van der Waals surface area (Å²) in [6, 6.07) is 5.11. The standard InChI is InChI=1S/C17H25N3S/c1-4-12-10-13(20(3)19-12)11-16(18-2)14-6-5-7-17-15(14)8-9-21-17/h8-10,14,16,18H,4-7,11H2,1-3H3. The van der Waals surface area contributed by atoms with Gasteiger partial charge in [-0.15, -0.1) is 11.3 Å². The SMILES string of the molecule is CCc1cc(CC(NC)C2CCCc3sccc32)n(C)n1. The van der Waals surface area contributed by atoms with Gasteiger partial charge in [-0.25, -0.2) is 0 Å². The Hall–Kier alpha value is -1.13. The molecule has 1 aliphatic rings. The van der Waals surface area contributed by atoms with E-state index in [9.17, 15) is 0 Å². The topological polar surface area (TPSA) is 29.9 Å². The van der Waals surface area contributed by atoms with Crippen molar-refractivity contribution in [2.45, 2.75) is 51.0 Å². The summed E-state index contributed by atoms with van der Waals surface area (Å²) in [5.41, 5.74) is 4.12. The lowest BCUT2D eigenvalue weighted by molar-refractivity contribution is 0.406. The van der Waals surface area contributed by atoms with Gasteiger partial charge in [0, 0.05) is 36.0 Å². The molecule has 21 heavy (non-hydrogen) atoms. The fourth-order valence-corrected chi connectivity index (χ4v) is 4.54. The summed E-state index contributed by atoms with van der Waals surface area (Å²) >= 11 is 1.93. The van der Waals surface area contributed by atoms with Crippen molar-refractivity contribution < 1.29 is 0 Å². The van der Waals surface area contributed by atoms with Crippen molar-refractivity contribution in [1.29, 1.82) is 0 Å². The Morgan fingerprint density at radius 3 is 3.10 bits per heavy atom. The second kappa shape index (κ2) is 6.32. The second-order valence-electron chi connectivity index (χ2n) is 6.00. The molecule has 0 bridgehead atoms. The minimum atomic E-state index is 0.499. The van der Waals surface area contributed by atoms with Crippen molar-refractivity contribution in [3.05, 3.63) is 39.3 Å². The van der Waals surface area contributed by atoms with Gasteiger partial charge >= 0.3 is 0 Å². The van der Waals surface area contributed by atoms with E-state index < -0.39 is 0 Å². The Morgan fingerprint density at radius 1 is 1.52 bits per heavy atom. The molecule has 0 saturated carbocycles. The van der Waals surface area contributed by atoms with Crippen molar-refractivity contribution in [3.63, 3.8) is 0 Å². The lowest BCUT2D eigenvalue weighted by Gasteiger charge is -2.30. The zero-order valence-corrected chi connectivity index (χ0v) is 14.0. The first-order chi connectivity index (χ1) is 10.2. The van der Waals surface area contributed by atoms with Gasteiger partial charge in [0.05, 0.1) is 5.69 Å². The smallest absolute Gasteiger partial charge is 0.0624 e. The Bertz CT molecular complexity index is 599. The van der Waals surface area contributed by atoms with Crippen molar-refractivity contribution in [1.82, 2.24) is 15.1 Å². The molecular formula is C17H25N3S. The van der Waals surface area contributed by atoms with Crippen LogP contribution in [-0.2, 0) is 26.3 Å². The summed E-state index contributed by atoms with van der Waals surface area (Å²) in [6.45, 7) is 2.17. The average Bonchev–Trinajstić information content (AvgIpc) is 3.11. The third-order valence-corrected chi connectivity index (χ3v) is 5.77. The van der Waals surface area contributed by atoms with Crippen LogP contribution in [0.2, 0.25) is 0 Å². The molecule has 0 radical (unpaired) electrons. The molecule has 2 aromatic rings. The summed E-state index contributed by atoms with van der Waals surface area (Å²) in [7, 11) is 4.17. The normalized spacial score (nSPS) is 19.5. The molecule has 0 fully saturated rings. The van der Waals surface area contributed by atoms with E-state index >= 15 is 0 Å². The van der Waals surface area contributed by atoms with Gasteiger partial charge < -0.3 is 5.32 Å². The van der Waals surface area contributed by atoms with E-state index in [4.69, 9.17) is 0 Å². The predicted octanol–water partition coefficient (Wildman–Crippen LogP) is 3.29. The highest BCUT2D eigenvalue weighted by Crippen LogP contribution is 2.37. The van der Waals surface area contributed by atoms with E-state index in [0.29, 0.717) is 12.0 Å². The fourth-order valence-electron chi connectivity index (χ4n) is 3.55. The monoisotopic (exact) mass is 303 g/mol. The van der Waals surface area contributed by atoms with Crippen LogP contribution in [0.3, 0.4) is 0 Å². The van der Waals surface area contributed by atoms with E-state index in [1.54, 1.807) is 10.4 Å². The molecule has 2 heterocycles. The van der Waals surface area contributed by atoms with Crippen LogP contribution in [0.5, 0.6) is 0 Å². The predicted molar refractivity (Wildman–Crippen MR) is 89.1 cm³/mol. The number of hydrogen-bond acceptors (Lipinski definition) is 3. The van der Waals surface area contributed by atoms with Crippen molar-refractivity contribution >= 4 is 11.3 Å². The Morgan fingerprint density at radius 2 is 2.38 bits per heavy atom. The fraction of sp³-hybridized carbons (Fsp3) is 0.588. The first-order valence-corrected chi connectivity index (χ1v) is 8.86. The molecule has 1 N–H and O–H groups in total. The molecule has 0 aliphatic heterocycles. The van der Waals surface area contributed by atoms with Crippen LogP contribution in [0.15, 0.2) is 17.5 Å². The van der Waals surface area contributed by atoms with Crippen molar-refractivity contribution in [3.8, 4) is 0 Å². The average molecular weight is 303 g/mol. The highest BCUT2D eigenvalue weighted by atomic mass is 32.1. The molecule has 114 valence electrons. The molecule has 2 unspecified atom stereocenters. The molecule has 0 amide bonds. The van der Waals surface area contributed by atoms with Gasteiger partial charge in [0.25, 0.3) is 0 Å². The van der Waals surface area contributed by atoms with Gasteiger partial charge in [0.15, 0.2) is 0 Å². The number of nitrogens with one attached hydrogen (secondary N) is 1. The number of likely N-dealkylation sites (N-methyl/N-ethyl adjacent to an activating group) is 1. The third kappa shape index (κ3) is 2.92. The second-order valence-corrected chi connectivity index (χ2v) is 7.00. The maximum absolute atomic E-state index is 4.59. The van der Waals surface area contributed by atoms with E-state index in [-0.39, 0.29) is 0 Å². The lowest BCUT2D eigenvalue weighted by atomic mass is 9.81. The third-order valence-electron chi connectivity index (χ3n) is 4.77. The van der Waals surface area contributed by atoms with Crippen LogP contribution in [0.1, 0.15) is 47.5 Å². The molecular weight excluding hydrogens is 278 g/mol. The molecule has 3 rings (SSSR count). The van der Waals surface area contributed by atoms with Gasteiger partial charge in [-0.3, -0.25) is 4.68 Å². The summed E-state index contributed by atoms with van der Waals surface area (Å²) < 4.78 is 2.06. The molecule has 2 atom stereocenters. The number of nitrogens with zero attached hydrogens (tertiary/aromatic N) is 2. The Kier molecular flexibility index (Phi) is 4.45. The van der Waals surface area contributed by atoms with Gasteiger partial charge in [-0.2, -0.15) is 5.10 Å².